The Morgan fingerprint density at radius 1 is 1.19 bits per heavy atom. The number of likely N-dealkylation sites (tertiary alicyclic amines) is 2. The molecule has 2 heterocycles. The number of hydrogen-bond donors (Lipinski definition) is 0. The fourth-order valence-corrected chi connectivity index (χ4v) is 4.74. The topological polar surface area (TPSA) is 49.9 Å². The highest BCUT2D eigenvalue weighted by molar-refractivity contribution is 5.85. The van der Waals surface area contributed by atoms with E-state index in [1.54, 1.807) is 0 Å². The third kappa shape index (κ3) is 3.88. The molecule has 1 atom stereocenters. The van der Waals surface area contributed by atoms with Crippen LogP contribution >= 0.6 is 0 Å². The molecule has 0 bridgehead atoms. The van der Waals surface area contributed by atoms with Crippen LogP contribution in [0.4, 0.5) is 0 Å². The van der Waals surface area contributed by atoms with Crippen molar-refractivity contribution in [3.05, 3.63) is 35.9 Å². The van der Waals surface area contributed by atoms with E-state index in [1.807, 2.05) is 30.0 Å². The minimum Gasteiger partial charge on any atom is -0.372 e. The lowest BCUT2D eigenvalue weighted by Gasteiger charge is -2.50. The Labute approximate surface area is 161 Å². The lowest BCUT2D eigenvalue weighted by molar-refractivity contribution is -0.146. The molecule has 1 aromatic rings. The highest BCUT2D eigenvalue weighted by Crippen LogP contribution is 2.48. The van der Waals surface area contributed by atoms with Gasteiger partial charge in [0.15, 0.2) is 0 Å². The van der Waals surface area contributed by atoms with Crippen LogP contribution in [0.25, 0.3) is 0 Å². The maximum absolute atomic E-state index is 13.2. The van der Waals surface area contributed by atoms with Gasteiger partial charge in [0.1, 0.15) is 6.61 Å². The molecule has 1 spiro atoms. The summed E-state index contributed by atoms with van der Waals surface area (Å²) in [6.07, 6.45) is 5.15. The molecular formula is C22H30N2O3. The molecule has 0 aromatic heterocycles. The molecule has 1 aromatic carbocycles. The molecule has 0 radical (unpaired) electrons. The third-order valence-electron chi connectivity index (χ3n) is 6.52. The fourth-order valence-electron chi connectivity index (χ4n) is 4.74. The van der Waals surface area contributed by atoms with Crippen LogP contribution in [0.2, 0.25) is 0 Å². The number of benzene rings is 1. The summed E-state index contributed by atoms with van der Waals surface area (Å²) >= 11 is 0. The standard InChI is InChI=1S/C22H30N2O3/c1-2-27-15-20(25)23-12-10-22(11-13-23)14-19(17-6-4-3-5-7-17)21(26)24(16-22)18-8-9-18/h3-7,18-19H,2,8-16H2,1H3/t19-/m1/s1. The number of piperidine rings is 2. The van der Waals surface area contributed by atoms with E-state index in [0.29, 0.717) is 18.6 Å². The summed E-state index contributed by atoms with van der Waals surface area (Å²) in [5, 5.41) is 0. The molecule has 3 aliphatic rings. The van der Waals surface area contributed by atoms with Crippen LogP contribution in [0.15, 0.2) is 30.3 Å². The molecule has 2 amide bonds. The van der Waals surface area contributed by atoms with Crippen LogP contribution in [0, 0.1) is 5.41 Å². The number of ether oxygens (including phenoxy) is 1. The molecule has 146 valence electrons. The van der Waals surface area contributed by atoms with Gasteiger partial charge in [0.2, 0.25) is 11.8 Å². The number of carbonyl (C=O) groups is 2. The van der Waals surface area contributed by atoms with E-state index in [0.717, 1.165) is 57.3 Å². The molecule has 2 saturated heterocycles. The van der Waals surface area contributed by atoms with Crippen molar-refractivity contribution in [1.82, 2.24) is 9.80 Å². The second-order valence-corrected chi connectivity index (χ2v) is 8.38. The minimum atomic E-state index is -0.0359. The molecule has 5 heteroatoms. The van der Waals surface area contributed by atoms with Gasteiger partial charge in [-0.25, -0.2) is 0 Å². The monoisotopic (exact) mass is 370 g/mol. The van der Waals surface area contributed by atoms with Gasteiger partial charge in [0.25, 0.3) is 0 Å². The Morgan fingerprint density at radius 3 is 2.52 bits per heavy atom. The lowest BCUT2D eigenvalue weighted by atomic mass is 9.67. The zero-order chi connectivity index (χ0) is 18.9. The molecule has 2 aliphatic heterocycles. The van der Waals surface area contributed by atoms with Gasteiger partial charge in [0, 0.05) is 32.3 Å². The Bertz CT molecular complexity index is 678. The Kier molecular flexibility index (Phi) is 5.22. The predicted octanol–water partition coefficient (Wildman–Crippen LogP) is 2.81. The van der Waals surface area contributed by atoms with E-state index >= 15 is 0 Å². The van der Waals surface area contributed by atoms with Crippen LogP contribution in [0.5, 0.6) is 0 Å². The van der Waals surface area contributed by atoms with Crippen molar-refractivity contribution in [3.63, 3.8) is 0 Å². The molecule has 4 rings (SSSR count). The van der Waals surface area contributed by atoms with E-state index in [9.17, 15) is 9.59 Å². The predicted molar refractivity (Wildman–Crippen MR) is 103 cm³/mol. The molecule has 5 nitrogen and oxygen atoms in total. The summed E-state index contributed by atoms with van der Waals surface area (Å²) < 4.78 is 5.29. The van der Waals surface area contributed by atoms with Crippen LogP contribution in [-0.2, 0) is 14.3 Å². The molecule has 0 N–H and O–H groups in total. The Hall–Kier alpha value is -1.88. The average molecular weight is 370 g/mol. The molecule has 0 unspecified atom stereocenters. The van der Waals surface area contributed by atoms with E-state index in [4.69, 9.17) is 4.74 Å². The molecule has 3 fully saturated rings. The molecule has 1 saturated carbocycles. The normalized spacial score (nSPS) is 25.1. The quantitative estimate of drug-likeness (QED) is 0.801. The first kappa shape index (κ1) is 18.5. The van der Waals surface area contributed by atoms with Crippen LogP contribution in [0.3, 0.4) is 0 Å². The van der Waals surface area contributed by atoms with Crippen molar-refractivity contribution in [3.8, 4) is 0 Å². The number of amides is 2. The number of hydrogen-bond acceptors (Lipinski definition) is 3. The van der Waals surface area contributed by atoms with Gasteiger partial charge >= 0.3 is 0 Å². The highest BCUT2D eigenvalue weighted by atomic mass is 16.5. The van der Waals surface area contributed by atoms with Gasteiger partial charge in [-0.2, -0.15) is 0 Å². The van der Waals surface area contributed by atoms with Crippen molar-refractivity contribution in [2.75, 3.05) is 32.8 Å². The van der Waals surface area contributed by atoms with Gasteiger partial charge in [-0.15, -0.1) is 0 Å². The van der Waals surface area contributed by atoms with E-state index in [-0.39, 0.29) is 23.8 Å². The van der Waals surface area contributed by atoms with Crippen LogP contribution in [0.1, 0.15) is 50.5 Å². The van der Waals surface area contributed by atoms with E-state index in [2.05, 4.69) is 17.0 Å². The number of nitrogens with zero attached hydrogens (tertiary/aromatic N) is 2. The first-order chi connectivity index (χ1) is 13.1. The first-order valence-electron chi connectivity index (χ1n) is 10.3. The zero-order valence-corrected chi connectivity index (χ0v) is 16.2. The fraction of sp³-hybridized carbons (Fsp3) is 0.636. The van der Waals surface area contributed by atoms with Crippen molar-refractivity contribution in [1.29, 1.82) is 0 Å². The summed E-state index contributed by atoms with van der Waals surface area (Å²) in [7, 11) is 0. The second-order valence-electron chi connectivity index (χ2n) is 8.38. The third-order valence-corrected chi connectivity index (χ3v) is 6.52. The summed E-state index contributed by atoms with van der Waals surface area (Å²) in [6, 6.07) is 10.7. The van der Waals surface area contributed by atoms with Gasteiger partial charge in [0.05, 0.1) is 5.92 Å². The van der Waals surface area contributed by atoms with E-state index < -0.39 is 0 Å². The minimum absolute atomic E-state index is 0.0359. The SMILES string of the molecule is CCOCC(=O)N1CCC2(CC1)C[C@H](c1ccccc1)C(=O)N(C1CC1)C2. The number of carbonyl (C=O) groups excluding carboxylic acids is 2. The molecule has 27 heavy (non-hydrogen) atoms. The highest BCUT2D eigenvalue weighted by Gasteiger charge is 2.49. The molecular weight excluding hydrogens is 340 g/mol. The average Bonchev–Trinajstić information content (AvgIpc) is 3.54. The van der Waals surface area contributed by atoms with Crippen molar-refractivity contribution >= 4 is 11.8 Å². The smallest absolute Gasteiger partial charge is 0.248 e. The zero-order valence-electron chi connectivity index (χ0n) is 16.2. The summed E-state index contributed by atoms with van der Waals surface area (Å²) in [4.78, 5) is 29.6. The summed E-state index contributed by atoms with van der Waals surface area (Å²) in [5.41, 5.74) is 1.28. The van der Waals surface area contributed by atoms with Gasteiger partial charge in [-0.3, -0.25) is 9.59 Å². The van der Waals surface area contributed by atoms with Crippen LogP contribution < -0.4 is 0 Å². The van der Waals surface area contributed by atoms with Crippen molar-refractivity contribution in [2.24, 2.45) is 5.41 Å². The summed E-state index contributed by atoms with van der Waals surface area (Å²) in [6.45, 7) is 5.09. The summed E-state index contributed by atoms with van der Waals surface area (Å²) in [5.74, 6) is 0.368. The number of rotatable bonds is 5. The van der Waals surface area contributed by atoms with Gasteiger partial charge < -0.3 is 14.5 Å². The van der Waals surface area contributed by atoms with Crippen LogP contribution in [-0.4, -0.2) is 60.5 Å². The van der Waals surface area contributed by atoms with Crippen molar-refractivity contribution < 1.29 is 14.3 Å². The molecule has 1 aliphatic carbocycles. The van der Waals surface area contributed by atoms with Crippen molar-refractivity contribution in [2.45, 2.75) is 51.0 Å². The first-order valence-corrected chi connectivity index (χ1v) is 10.3. The second kappa shape index (κ2) is 7.63. The maximum atomic E-state index is 13.2. The largest absolute Gasteiger partial charge is 0.372 e. The van der Waals surface area contributed by atoms with Gasteiger partial charge in [-0.05, 0) is 50.0 Å². The maximum Gasteiger partial charge on any atom is 0.248 e. The lowest BCUT2D eigenvalue weighted by Crippen LogP contribution is -2.55. The Morgan fingerprint density at radius 2 is 1.89 bits per heavy atom. The van der Waals surface area contributed by atoms with Gasteiger partial charge in [-0.1, -0.05) is 30.3 Å². The van der Waals surface area contributed by atoms with E-state index in [1.165, 1.54) is 0 Å². The Balaban J connectivity index is 1.49.